The summed E-state index contributed by atoms with van der Waals surface area (Å²) in [7, 11) is 0. The van der Waals surface area contributed by atoms with Crippen LogP contribution in [0.4, 0.5) is 0 Å². The van der Waals surface area contributed by atoms with Crippen molar-refractivity contribution in [1.82, 2.24) is 20.2 Å². The van der Waals surface area contributed by atoms with Gasteiger partial charge in [0, 0.05) is 5.92 Å². The first-order chi connectivity index (χ1) is 9.17. The fraction of sp³-hybridized carbons (Fsp3) is 0.846. The molecular formula is C13H24N4O2. The van der Waals surface area contributed by atoms with E-state index in [2.05, 4.69) is 29.3 Å². The Balaban J connectivity index is 2.61. The van der Waals surface area contributed by atoms with Crippen molar-refractivity contribution in [2.24, 2.45) is 0 Å². The normalized spacial score (nSPS) is 12.5. The topological polar surface area (TPSA) is 80.9 Å². The SMILES string of the molecule is CCCCCC(CCCC)c1nnn(CC(=O)O)n1. The Morgan fingerprint density at radius 3 is 2.53 bits per heavy atom. The molecule has 0 aliphatic heterocycles. The van der Waals surface area contributed by atoms with E-state index in [-0.39, 0.29) is 6.54 Å². The Hall–Kier alpha value is -1.46. The van der Waals surface area contributed by atoms with Crippen LogP contribution in [0.1, 0.15) is 70.5 Å². The van der Waals surface area contributed by atoms with Crippen LogP contribution >= 0.6 is 0 Å². The molecule has 0 aliphatic rings. The minimum atomic E-state index is -0.944. The van der Waals surface area contributed by atoms with Gasteiger partial charge in [-0.25, -0.2) is 0 Å². The van der Waals surface area contributed by atoms with Gasteiger partial charge in [-0.2, -0.15) is 4.80 Å². The van der Waals surface area contributed by atoms with Crippen LogP contribution < -0.4 is 0 Å². The average Bonchev–Trinajstić information content (AvgIpc) is 2.81. The van der Waals surface area contributed by atoms with Crippen LogP contribution in [0, 0.1) is 0 Å². The average molecular weight is 268 g/mol. The molecule has 1 aromatic rings. The van der Waals surface area contributed by atoms with Gasteiger partial charge in [0.05, 0.1) is 0 Å². The summed E-state index contributed by atoms with van der Waals surface area (Å²) in [6.07, 6.45) is 7.98. The summed E-state index contributed by atoms with van der Waals surface area (Å²) >= 11 is 0. The zero-order valence-electron chi connectivity index (χ0n) is 11.9. The van der Waals surface area contributed by atoms with Crippen LogP contribution in [0.3, 0.4) is 0 Å². The van der Waals surface area contributed by atoms with Gasteiger partial charge in [0.25, 0.3) is 0 Å². The van der Waals surface area contributed by atoms with E-state index in [4.69, 9.17) is 5.11 Å². The number of tetrazole rings is 1. The Morgan fingerprint density at radius 2 is 1.89 bits per heavy atom. The Bertz CT molecular complexity index is 378. The Morgan fingerprint density at radius 1 is 1.21 bits per heavy atom. The van der Waals surface area contributed by atoms with Crippen LogP contribution in [-0.2, 0) is 11.3 Å². The minimum absolute atomic E-state index is 0.220. The summed E-state index contributed by atoms with van der Waals surface area (Å²) in [6.45, 7) is 4.13. The van der Waals surface area contributed by atoms with E-state index in [1.54, 1.807) is 0 Å². The van der Waals surface area contributed by atoms with E-state index in [1.165, 1.54) is 19.3 Å². The maximum absolute atomic E-state index is 10.6. The standard InChI is InChI=1S/C13H24N4O2/c1-3-5-7-9-11(8-6-4-2)13-14-16-17(15-13)10-12(18)19/h11H,3-10H2,1-2H3,(H,18,19). The summed E-state index contributed by atoms with van der Waals surface area (Å²) < 4.78 is 0. The second-order valence-corrected chi connectivity index (χ2v) is 4.91. The molecule has 0 amide bonds. The molecule has 1 heterocycles. The number of nitrogens with zero attached hydrogens (tertiary/aromatic N) is 4. The van der Waals surface area contributed by atoms with Crippen molar-refractivity contribution in [1.29, 1.82) is 0 Å². The van der Waals surface area contributed by atoms with Gasteiger partial charge in [0.15, 0.2) is 12.4 Å². The quantitative estimate of drug-likeness (QED) is 0.660. The van der Waals surface area contributed by atoms with Gasteiger partial charge in [-0.15, -0.1) is 10.2 Å². The minimum Gasteiger partial charge on any atom is -0.480 e. The molecule has 0 saturated carbocycles. The Kier molecular flexibility index (Phi) is 7.07. The van der Waals surface area contributed by atoms with Crippen LogP contribution in [0.5, 0.6) is 0 Å². The fourth-order valence-corrected chi connectivity index (χ4v) is 2.10. The van der Waals surface area contributed by atoms with Crippen LogP contribution in [0.2, 0.25) is 0 Å². The Labute approximate surface area is 114 Å². The van der Waals surface area contributed by atoms with Gasteiger partial charge < -0.3 is 5.11 Å². The van der Waals surface area contributed by atoms with Crippen molar-refractivity contribution in [3.8, 4) is 0 Å². The summed E-state index contributed by atoms with van der Waals surface area (Å²) in [5.74, 6) is 0.0693. The first kappa shape index (κ1) is 15.6. The summed E-state index contributed by atoms with van der Waals surface area (Å²) in [5, 5.41) is 20.7. The largest absolute Gasteiger partial charge is 0.480 e. The maximum Gasteiger partial charge on any atom is 0.327 e. The molecule has 0 bridgehead atoms. The lowest BCUT2D eigenvalue weighted by atomic mass is 9.95. The molecule has 1 unspecified atom stereocenters. The van der Waals surface area contributed by atoms with Gasteiger partial charge in [-0.3, -0.25) is 4.79 Å². The smallest absolute Gasteiger partial charge is 0.327 e. The second kappa shape index (κ2) is 8.61. The number of aliphatic carboxylic acids is 1. The molecular weight excluding hydrogens is 244 g/mol. The van der Waals surface area contributed by atoms with Crippen LogP contribution in [0.25, 0.3) is 0 Å². The number of carboxylic acids is 1. The lowest BCUT2D eigenvalue weighted by Gasteiger charge is -2.11. The molecule has 6 nitrogen and oxygen atoms in total. The van der Waals surface area contributed by atoms with Crippen LogP contribution in [0.15, 0.2) is 0 Å². The molecule has 0 radical (unpaired) electrons. The van der Waals surface area contributed by atoms with Crippen molar-refractivity contribution in [2.45, 2.75) is 71.3 Å². The van der Waals surface area contributed by atoms with E-state index in [9.17, 15) is 4.79 Å². The highest BCUT2D eigenvalue weighted by molar-refractivity contribution is 5.66. The first-order valence-corrected chi connectivity index (χ1v) is 7.16. The summed E-state index contributed by atoms with van der Waals surface area (Å²) in [6, 6.07) is 0. The van der Waals surface area contributed by atoms with Gasteiger partial charge in [0.1, 0.15) is 0 Å². The molecule has 0 saturated heterocycles. The number of aromatic nitrogens is 4. The van der Waals surface area contributed by atoms with Gasteiger partial charge in [-0.1, -0.05) is 46.0 Å². The molecule has 1 rings (SSSR count). The van der Waals surface area contributed by atoms with Gasteiger partial charge >= 0.3 is 5.97 Å². The highest BCUT2D eigenvalue weighted by atomic mass is 16.4. The zero-order chi connectivity index (χ0) is 14.1. The van der Waals surface area contributed by atoms with E-state index < -0.39 is 5.97 Å². The molecule has 1 aromatic heterocycles. The van der Waals surface area contributed by atoms with Crippen LogP contribution in [-0.4, -0.2) is 31.3 Å². The highest BCUT2D eigenvalue weighted by Gasteiger charge is 2.17. The molecule has 0 aliphatic carbocycles. The lowest BCUT2D eigenvalue weighted by Crippen LogP contribution is -2.12. The highest BCUT2D eigenvalue weighted by Crippen LogP contribution is 2.24. The lowest BCUT2D eigenvalue weighted by molar-refractivity contribution is -0.138. The van der Waals surface area contributed by atoms with Crippen molar-refractivity contribution < 1.29 is 9.90 Å². The van der Waals surface area contributed by atoms with Crippen molar-refractivity contribution in [3.05, 3.63) is 5.82 Å². The third-order valence-electron chi connectivity index (χ3n) is 3.17. The van der Waals surface area contributed by atoms with Crippen molar-refractivity contribution >= 4 is 5.97 Å². The monoisotopic (exact) mass is 268 g/mol. The molecule has 0 aromatic carbocycles. The first-order valence-electron chi connectivity index (χ1n) is 7.16. The third kappa shape index (κ3) is 5.81. The predicted molar refractivity (Wildman–Crippen MR) is 71.9 cm³/mol. The predicted octanol–water partition coefficient (Wildman–Crippen LogP) is 2.61. The number of hydrogen-bond donors (Lipinski definition) is 1. The molecule has 1 N–H and O–H groups in total. The molecule has 108 valence electrons. The van der Waals surface area contributed by atoms with E-state index in [1.807, 2.05) is 0 Å². The number of unbranched alkanes of at least 4 members (excludes halogenated alkanes) is 3. The molecule has 6 heteroatoms. The summed E-state index contributed by atoms with van der Waals surface area (Å²) in [5.41, 5.74) is 0. The van der Waals surface area contributed by atoms with Crippen molar-refractivity contribution in [2.75, 3.05) is 0 Å². The third-order valence-corrected chi connectivity index (χ3v) is 3.17. The van der Waals surface area contributed by atoms with Gasteiger partial charge in [0.2, 0.25) is 0 Å². The van der Waals surface area contributed by atoms with Gasteiger partial charge in [-0.05, 0) is 18.1 Å². The van der Waals surface area contributed by atoms with Crippen molar-refractivity contribution in [3.63, 3.8) is 0 Å². The number of carbonyl (C=O) groups is 1. The number of carboxylic acid groups (broad SMARTS) is 1. The number of hydrogen-bond acceptors (Lipinski definition) is 4. The molecule has 19 heavy (non-hydrogen) atoms. The fourth-order valence-electron chi connectivity index (χ4n) is 2.10. The van der Waals surface area contributed by atoms with E-state index in [0.29, 0.717) is 11.7 Å². The van der Waals surface area contributed by atoms with E-state index >= 15 is 0 Å². The number of rotatable bonds is 10. The molecule has 0 fully saturated rings. The maximum atomic E-state index is 10.6. The summed E-state index contributed by atoms with van der Waals surface area (Å²) in [4.78, 5) is 11.8. The second-order valence-electron chi connectivity index (χ2n) is 4.91. The molecule has 0 spiro atoms. The molecule has 1 atom stereocenters. The van der Waals surface area contributed by atoms with E-state index in [0.717, 1.165) is 30.5 Å². The zero-order valence-corrected chi connectivity index (χ0v) is 11.9.